The normalized spacial score (nSPS) is 34.9. The summed E-state index contributed by atoms with van der Waals surface area (Å²) < 4.78 is 23.2. The summed E-state index contributed by atoms with van der Waals surface area (Å²) in [6.07, 6.45) is 4.10. The van der Waals surface area contributed by atoms with Gasteiger partial charge in [-0.2, -0.15) is 8.42 Å². The van der Waals surface area contributed by atoms with Gasteiger partial charge in [-0.1, -0.05) is 12.2 Å². The number of hydrogen-bond acceptors (Lipinski definition) is 4. The van der Waals surface area contributed by atoms with E-state index in [0.29, 0.717) is 6.42 Å². The van der Waals surface area contributed by atoms with Crippen molar-refractivity contribution in [2.24, 2.45) is 28.8 Å². The largest absolute Gasteiger partial charge is 0.481 e. The number of hydrogen-bond donors (Lipinski definition) is 3. The standard InChI is InChI=1S/C9H12N2O5S/c10-17(15,16)11-8(12)6-4-1-2-5(3-4)7(6)9(13)14/h1-2,4-7H,3H2,(H,11,12)(H,13,14)(H2,10,15,16)/t4-,5-,6-,7+/m0/s1. The first-order chi connectivity index (χ1) is 7.79. The summed E-state index contributed by atoms with van der Waals surface area (Å²) in [4.78, 5) is 22.8. The number of fused-ring (bicyclic) bond motifs is 2. The topological polar surface area (TPSA) is 127 Å². The third kappa shape index (κ3) is 2.18. The van der Waals surface area contributed by atoms with E-state index >= 15 is 0 Å². The summed E-state index contributed by atoms with van der Waals surface area (Å²) in [6, 6.07) is 0. The Bertz CT molecular complexity index is 498. The van der Waals surface area contributed by atoms with Gasteiger partial charge in [-0.3, -0.25) is 9.59 Å². The first kappa shape index (κ1) is 12.1. The van der Waals surface area contributed by atoms with Crippen molar-refractivity contribution in [2.45, 2.75) is 6.42 Å². The number of nitrogens with one attached hydrogen (secondary N) is 1. The summed E-state index contributed by atoms with van der Waals surface area (Å²) in [5.41, 5.74) is 0. The van der Waals surface area contributed by atoms with Gasteiger partial charge < -0.3 is 5.11 Å². The summed E-state index contributed by atoms with van der Waals surface area (Å²) in [6.45, 7) is 0. The molecule has 2 aliphatic rings. The predicted molar refractivity (Wildman–Crippen MR) is 56.6 cm³/mol. The van der Waals surface area contributed by atoms with Crippen LogP contribution in [-0.2, 0) is 19.8 Å². The molecule has 0 saturated heterocycles. The number of amides is 1. The smallest absolute Gasteiger partial charge is 0.307 e. The van der Waals surface area contributed by atoms with E-state index in [0.717, 1.165) is 0 Å². The minimum atomic E-state index is -4.14. The monoisotopic (exact) mass is 260 g/mol. The molecule has 2 aliphatic carbocycles. The Morgan fingerprint density at radius 3 is 2.24 bits per heavy atom. The molecule has 2 bridgehead atoms. The van der Waals surface area contributed by atoms with Crippen molar-refractivity contribution in [3.63, 3.8) is 0 Å². The molecule has 4 N–H and O–H groups in total. The second kappa shape index (κ2) is 3.81. The van der Waals surface area contributed by atoms with Gasteiger partial charge in [0, 0.05) is 0 Å². The van der Waals surface area contributed by atoms with Gasteiger partial charge >= 0.3 is 5.97 Å². The SMILES string of the molecule is NS(=O)(=O)NC(=O)[C@@H]1[C@H](C(=O)O)[C@H]2C=C[C@H]1C2. The van der Waals surface area contributed by atoms with Gasteiger partial charge in [0.1, 0.15) is 0 Å². The second-order valence-electron chi connectivity index (χ2n) is 4.35. The quantitative estimate of drug-likeness (QED) is 0.551. The zero-order valence-corrected chi connectivity index (χ0v) is 9.55. The van der Waals surface area contributed by atoms with Crippen molar-refractivity contribution in [2.75, 3.05) is 0 Å². The molecule has 1 amide bonds. The van der Waals surface area contributed by atoms with Crippen molar-refractivity contribution in [3.8, 4) is 0 Å². The van der Waals surface area contributed by atoms with Crippen LogP contribution in [0, 0.1) is 23.7 Å². The molecule has 1 fully saturated rings. The molecule has 2 rings (SSSR count). The van der Waals surface area contributed by atoms with E-state index in [4.69, 9.17) is 10.2 Å². The average molecular weight is 260 g/mol. The van der Waals surface area contributed by atoms with Crippen LogP contribution in [-0.4, -0.2) is 25.4 Å². The first-order valence-electron chi connectivity index (χ1n) is 5.05. The van der Waals surface area contributed by atoms with Crippen LogP contribution in [0.5, 0.6) is 0 Å². The Morgan fingerprint density at radius 2 is 1.76 bits per heavy atom. The first-order valence-corrected chi connectivity index (χ1v) is 6.60. The Hall–Kier alpha value is -1.41. The molecule has 17 heavy (non-hydrogen) atoms. The van der Waals surface area contributed by atoms with Gasteiger partial charge in [0.05, 0.1) is 11.8 Å². The third-order valence-electron chi connectivity index (χ3n) is 3.29. The Morgan fingerprint density at radius 1 is 1.24 bits per heavy atom. The van der Waals surface area contributed by atoms with Crippen LogP contribution in [0.2, 0.25) is 0 Å². The van der Waals surface area contributed by atoms with Gasteiger partial charge in [-0.05, 0) is 18.3 Å². The molecule has 4 atom stereocenters. The molecule has 8 heteroatoms. The van der Waals surface area contributed by atoms with Crippen LogP contribution in [0.15, 0.2) is 12.2 Å². The molecule has 94 valence electrons. The number of rotatable bonds is 3. The van der Waals surface area contributed by atoms with E-state index in [1.807, 2.05) is 0 Å². The average Bonchev–Trinajstić information content (AvgIpc) is 2.72. The predicted octanol–water partition coefficient (Wildman–Crippen LogP) is -1.17. The number of carbonyl (C=O) groups is 2. The van der Waals surface area contributed by atoms with E-state index in [1.54, 1.807) is 16.9 Å². The molecule has 0 aliphatic heterocycles. The van der Waals surface area contributed by atoms with Crippen LogP contribution in [0.4, 0.5) is 0 Å². The number of aliphatic carboxylic acids is 1. The van der Waals surface area contributed by atoms with E-state index in [9.17, 15) is 18.0 Å². The molecule has 0 aromatic heterocycles. The highest BCUT2D eigenvalue weighted by atomic mass is 32.2. The molecule has 1 saturated carbocycles. The molecule has 0 radical (unpaired) electrons. The lowest BCUT2D eigenvalue weighted by Gasteiger charge is -2.23. The van der Waals surface area contributed by atoms with Gasteiger partial charge in [-0.25, -0.2) is 9.86 Å². The zero-order valence-electron chi connectivity index (χ0n) is 8.74. The molecular formula is C9H12N2O5S. The van der Waals surface area contributed by atoms with E-state index in [1.165, 1.54) is 0 Å². The lowest BCUT2D eigenvalue weighted by Crippen LogP contribution is -2.44. The van der Waals surface area contributed by atoms with Crippen LogP contribution < -0.4 is 9.86 Å². The van der Waals surface area contributed by atoms with Gasteiger partial charge in [-0.15, -0.1) is 0 Å². The van der Waals surface area contributed by atoms with Crippen molar-refractivity contribution >= 4 is 22.1 Å². The molecule has 0 heterocycles. The number of carboxylic acid groups (broad SMARTS) is 1. The fourth-order valence-electron chi connectivity index (χ4n) is 2.72. The molecule has 0 aromatic carbocycles. The number of allylic oxidation sites excluding steroid dienone is 2. The number of carbonyl (C=O) groups excluding carboxylic acids is 1. The van der Waals surface area contributed by atoms with Crippen molar-refractivity contribution < 1.29 is 23.1 Å². The third-order valence-corrected chi connectivity index (χ3v) is 3.78. The van der Waals surface area contributed by atoms with Crippen LogP contribution in [0.25, 0.3) is 0 Å². The fourth-order valence-corrected chi connectivity index (χ4v) is 3.14. The Balaban J connectivity index is 2.23. The fraction of sp³-hybridized carbons (Fsp3) is 0.556. The summed E-state index contributed by atoms with van der Waals surface area (Å²) in [7, 11) is -4.14. The minimum absolute atomic E-state index is 0.200. The lowest BCUT2D eigenvalue weighted by molar-refractivity contribution is -0.147. The second-order valence-corrected chi connectivity index (χ2v) is 5.64. The highest BCUT2D eigenvalue weighted by Crippen LogP contribution is 2.48. The molecule has 0 spiro atoms. The van der Waals surface area contributed by atoms with Gasteiger partial charge in [0.25, 0.3) is 10.2 Å². The molecular weight excluding hydrogens is 248 g/mol. The molecule has 0 aromatic rings. The molecule has 0 unspecified atom stereocenters. The maximum atomic E-state index is 11.7. The molecule has 7 nitrogen and oxygen atoms in total. The van der Waals surface area contributed by atoms with E-state index in [-0.39, 0.29) is 11.8 Å². The Kier molecular flexibility index (Phi) is 2.70. The number of carboxylic acids is 1. The van der Waals surface area contributed by atoms with Crippen molar-refractivity contribution in [1.29, 1.82) is 0 Å². The summed E-state index contributed by atoms with van der Waals surface area (Å²) in [5.74, 6) is -4.07. The van der Waals surface area contributed by atoms with Gasteiger partial charge in [0.2, 0.25) is 5.91 Å². The van der Waals surface area contributed by atoms with Crippen LogP contribution in [0.3, 0.4) is 0 Å². The number of nitrogens with two attached hydrogens (primary N) is 1. The van der Waals surface area contributed by atoms with Gasteiger partial charge in [0.15, 0.2) is 0 Å². The van der Waals surface area contributed by atoms with Crippen LogP contribution in [0.1, 0.15) is 6.42 Å². The van der Waals surface area contributed by atoms with Crippen LogP contribution >= 0.6 is 0 Å². The summed E-state index contributed by atoms with van der Waals surface area (Å²) >= 11 is 0. The van der Waals surface area contributed by atoms with Crippen molar-refractivity contribution in [1.82, 2.24) is 4.72 Å². The van der Waals surface area contributed by atoms with E-state index < -0.39 is 33.9 Å². The maximum Gasteiger partial charge on any atom is 0.307 e. The van der Waals surface area contributed by atoms with E-state index in [2.05, 4.69) is 0 Å². The van der Waals surface area contributed by atoms with Crippen molar-refractivity contribution in [3.05, 3.63) is 12.2 Å². The lowest BCUT2D eigenvalue weighted by atomic mass is 9.83. The zero-order chi connectivity index (χ0) is 12.8. The maximum absolute atomic E-state index is 11.7. The highest BCUT2D eigenvalue weighted by Gasteiger charge is 2.52. The Labute approximate surface area is 97.9 Å². The highest BCUT2D eigenvalue weighted by molar-refractivity contribution is 7.87. The minimum Gasteiger partial charge on any atom is -0.481 e. The summed E-state index contributed by atoms with van der Waals surface area (Å²) in [5, 5.41) is 13.8.